The van der Waals surface area contributed by atoms with Crippen LogP contribution in [-0.4, -0.2) is 16.1 Å². The SMILES string of the molecule is Cn1cc(CCCN)nc1C(F)(F)F. The van der Waals surface area contributed by atoms with E-state index in [4.69, 9.17) is 5.73 Å². The third-order valence-electron chi connectivity index (χ3n) is 1.82. The molecule has 0 aliphatic rings. The van der Waals surface area contributed by atoms with Crippen LogP contribution in [0.2, 0.25) is 0 Å². The van der Waals surface area contributed by atoms with E-state index in [1.54, 1.807) is 0 Å². The maximum Gasteiger partial charge on any atom is 0.449 e. The van der Waals surface area contributed by atoms with Crippen LogP contribution in [0.1, 0.15) is 17.9 Å². The lowest BCUT2D eigenvalue weighted by Gasteiger charge is -2.04. The van der Waals surface area contributed by atoms with Crippen LogP contribution in [-0.2, 0) is 19.6 Å². The monoisotopic (exact) mass is 207 g/mol. The fourth-order valence-corrected chi connectivity index (χ4v) is 1.20. The molecule has 0 amide bonds. The molecule has 0 spiro atoms. The Hall–Kier alpha value is -1.04. The molecule has 80 valence electrons. The van der Waals surface area contributed by atoms with Gasteiger partial charge in [0.1, 0.15) is 0 Å². The standard InChI is InChI=1S/C8H12F3N3/c1-14-5-6(3-2-4-12)13-7(14)8(9,10)11/h5H,2-4,12H2,1H3. The van der Waals surface area contributed by atoms with E-state index < -0.39 is 12.0 Å². The first-order valence-electron chi connectivity index (χ1n) is 4.24. The van der Waals surface area contributed by atoms with Gasteiger partial charge in [0, 0.05) is 13.2 Å². The highest BCUT2D eigenvalue weighted by Gasteiger charge is 2.35. The highest BCUT2D eigenvalue weighted by molar-refractivity contribution is 5.06. The molecule has 0 aliphatic heterocycles. The smallest absolute Gasteiger partial charge is 0.330 e. The third kappa shape index (κ3) is 2.47. The number of aromatic nitrogens is 2. The van der Waals surface area contributed by atoms with Gasteiger partial charge in [-0.05, 0) is 19.4 Å². The van der Waals surface area contributed by atoms with Crippen molar-refractivity contribution in [2.24, 2.45) is 12.8 Å². The number of imidazole rings is 1. The van der Waals surface area contributed by atoms with Crippen molar-refractivity contribution in [3.8, 4) is 0 Å². The van der Waals surface area contributed by atoms with Gasteiger partial charge in [0.25, 0.3) is 0 Å². The van der Waals surface area contributed by atoms with Crippen molar-refractivity contribution >= 4 is 0 Å². The Bertz CT molecular complexity index is 303. The summed E-state index contributed by atoms with van der Waals surface area (Å²) in [5.74, 6) is -0.857. The number of rotatable bonds is 3. The maximum absolute atomic E-state index is 12.3. The normalized spacial score (nSPS) is 12.1. The minimum absolute atomic E-state index is 0.435. The van der Waals surface area contributed by atoms with Gasteiger partial charge in [-0.3, -0.25) is 0 Å². The summed E-state index contributed by atoms with van der Waals surface area (Å²) in [4.78, 5) is 3.50. The Kier molecular flexibility index (Phi) is 3.15. The molecule has 0 bridgehead atoms. The molecular weight excluding hydrogens is 195 g/mol. The largest absolute Gasteiger partial charge is 0.449 e. The first-order chi connectivity index (χ1) is 6.45. The molecule has 14 heavy (non-hydrogen) atoms. The van der Waals surface area contributed by atoms with E-state index in [0.29, 0.717) is 25.1 Å². The van der Waals surface area contributed by atoms with Gasteiger partial charge in [-0.15, -0.1) is 0 Å². The van der Waals surface area contributed by atoms with Gasteiger partial charge in [-0.25, -0.2) is 4.98 Å². The van der Waals surface area contributed by atoms with E-state index in [9.17, 15) is 13.2 Å². The predicted molar refractivity (Wildman–Crippen MR) is 45.6 cm³/mol. The molecule has 0 saturated heterocycles. The van der Waals surface area contributed by atoms with Gasteiger partial charge >= 0.3 is 6.18 Å². The molecule has 0 saturated carbocycles. The summed E-state index contributed by atoms with van der Waals surface area (Å²) in [5.41, 5.74) is 5.69. The van der Waals surface area contributed by atoms with Crippen molar-refractivity contribution in [2.45, 2.75) is 19.0 Å². The van der Waals surface area contributed by atoms with Gasteiger partial charge in [-0.1, -0.05) is 0 Å². The van der Waals surface area contributed by atoms with Crippen LogP contribution in [0.4, 0.5) is 13.2 Å². The van der Waals surface area contributed by atoms with Crippen LogP contribution in [0.15, 0.2) is 6.20 Å². The molecule has 1 rings (SSSR count). The molecule has 0 fully saturated rings. The Morgan fingerprint density at radius 2 is 2.14 bits per heavy atom. The summed E-state index contributed by atoms with van der Waals surface area (Å²) in [5, 5.41) is 0. The quantitative estimate of drug-likeness (QED) is 0.812. The zero-order valence-corrected chi connectivity index (χ0v) is 7.80. The Balaban J connectivity index is 2.83. The Morgan fingerprint density at radius 1 is 1.50 bits per heavy atom. The molecule has 1 aromatic rings. The fraction of sp³-hybridized carbons (Fsp3) is 0.625. The lowest BCUT2D eigenvalue weighted by Crippen LogP contribution is -2.12. The molecule has 1 aromatic heterocycles. The molecule has 0 aromatic carbocycles. The maximum atomic E-state index is 12.3. The van der Waals surface area contributed by atoms with Crippen LogP contribution in [0, 0.1) is 0 Å². The van der Waals surface area contributed by atoms with Gasteiger partial charge < -0.3 is 10.3 Å². The summed E-state index contributed by atoms with van der Waals surface area (Å²) in [7, 11) is 1.34. The van der Waals surface area contributed by atoms with Gasteiger partial charge in [0.2, 0.25) is 5.82 Å². The van der Waals surface area contributed by atoms with Gasteiger partial charge in [-0.2, -0.15) is 13.2 Å². The van der Waals surface area contributed by atoms with E-state index in [0.717, 1.165) is 4.57 Å². The molecule has 6 heteroatoms. The fourth-order valence-electron chi connectivity index (χ4n) is 1.20. The van der Waals surface area contributed by atoms with E-state index in [2.05, 4.69) is 4.98 Å². The van der Waals surface area contributed by atoms with Crippen LogP contribution in [0.5, 0.6) is 0 Å². The first-order valence-corrected chi connectivity index (χ1v) is 4.24. The molecule has 3 nitrogen and oxygen atoms in total. The van der Waals surface area contributed by atoms with Gasteiger partial charge in [0.05, 0.1) is 5.69 Å². The predicted octanol–water partition coefficient (Wildman–Crippen LogP) is 1.33. The van der Waals surface area contributed by atoms with Crippen LogP contribution in [0.3, 0.4) is 0 Å². The highest BCUT2D eigenvalue weighted by Crippen LogP contribution is 2.27. The Labute approximate surface area is 79.7 Å². The number of halogens is 3. The molecule has 2 N–H and O–H groups in total. The topological polar surface area (TPSA) is 43.8 Å². The second kappa shape index (κ2) is 4.00. The van der Waals surface area contributed by atoms with Crippen molar-refractivity contribution in [3.05, 3.63) is 17.7 Å². The lowest BCUT2D eigenvalue weighted by molar-refractivity contribution is -0.146. The molecule has 0 atom stereocenters. The van der Waals surface area contributed by atoms with E-state index in [1.165, 1.54) is 13.2 Å². The molecule has 0 unspecified atom stereocenters. The zero-order chi connectivity index (χ0) is 10.8. The molecule has 0 aliphatic carbocycles. The number of hydrogen-bond donors (Lipinski definition) is 1. The van der Waals surface area contributed by atoms with Crippen molar-refractivity contribution in [2.75, 3.05) is 6.54 Å². The molecule has 1 heterocycles. The molecular formula is C8H12F3N3. The summed E-state index contributed by atoms with van der Waals surface area (Å²) in [6.45, 7) is 0.456. The van der Waals surface area contributed by atoms with Crippen molar-refractivity contribution in [3.63, 3.8) is 0 Å². The summed E-state index contributed by atoms with van der Waals surface area (Å²) in [6, 6.07) is 0. The van der Waals surface area contributed by atoms with Gasteiger partial charge in [0.15, 0.2) is 0 Å². The second-order valence-electron chi connectivity index (χ2n) is 3.06. The van der Waals surface area contributed by atoms with E-state index in [-0.39, 0.29) is 0 Å². The van der Waals surface area contributed by atoms with E-state index >= 15 is 0 Å². The third-order valence-corrected chi connectivity index (χ3v) is 1.82. The minimum atomic E-state index is -4.38. The lowest BCUT2D eigenvalue weighted by atomic mass is 10.2. The second-order valence-corrected chi connectivity index (χ2v) is 3.06. The number of nitrogens with two attached hydrogens (primary N) is 1. The summed E-state index contributed by atoms with van der Waals surface area (Å²) >= 11 is 0. The average Bonchev–Trinajstić information content (AvgIpc) is 2.42. The highest BCUT2D eigenvalue weighted by atomic mass is 19.4. The Morgan fingerprint density at radius 3 is 2.57 bits per heavy atom. The van der Waals surface area contributed by atoms with Crippen molar-refractivity contribution < 1.29 is 13.2 Å². The minimum Gasteiger partial charge on any atom is -0.330 e. The van der Waals surface area contributed by atoms with Crippen LogP contribution in [0.25, 0.3) is 0 Å². The van der Waals surface area contributed by atoms with Crippen LogP contribution < -0.4 is 5.73 Å². The van der Waals surface area contributed by atoms with Crippen LogP contribution >= 0.6 is 0 Å². The number of alkyl halides is 3. The summed E-state index contributed by atoms with van der Waals surface area (Å²) in [6.07, 6.45) is -1.86. The number of aryl methyl sites for hydroxylation is 2. The summed E-state index contributed by atoms with van der Waals surface area (Å²) < 4.78 is 37.8. The zero-order valence-electron chi connectivity index (χ0n) is 7.80. The van der Waals surface area contributed by atoms with Crippen molar-refractivity contribution in [1.29, 1.82) is 0 Å². The number of nitrogens with zero attached hydrogens (tertiary/aromatic N) is 2. The first kappa shape index (κ1) is 11.0. The number of hydrogen-bond acceptors (Lipinski definition) is 2. The van der Waals surface area contributed by atoms with E-state index in [1.807, 2.05) is 0 Å². The van der Waals surface area contributed by atoms with Crippen molar-refractivity contribution in [1.82, 2.24) is 9.55 Å². The average molecular weight is 207 g/mol. The molecule has 0 radical (unpaired) electrons.